The summed E-state index contributed by atoms with van der Waals surface area (Å²) in [4.78, 5) is 3.98. The maximum absolute atomic E-state index is 5.82. The fourth-order valence-electron chi connectivity index (χ4n) is 1.51. The molecule has 0 saturated carbocycles. The first-order valence-corrected chi connectivity index (χ1v) is 7.66. The average Bonchev–Trinajstić information content (AvgIpc) is 2.19. The largest absolute Gasteiger partial charge is 0.394 e. The molecular weight excluding hydrogens is 194 g/mol. The summed E-state index contributed by atoms with van der Waals surface area (Å²) in [7, 11) is -0.0959. The van der Waals surface area contributed by atoms with Crippen molar-refractivity contribution in [2.75, 3.05) is 20.3 Å². The van der Waals surface area contributed by atoms with Crippen molar-refractivity contribution >= 4 is 14.8 Å². The average molecular weight is 217 g/mol. The Morgan fingerprint density at radius 1 is 1.14 bits per heavy atom. The SMILES string of the molecule is CCO[Si](CC)(CCC=NC)OCC. The van der Waals surface area contributed by atoms with Gasteiger partial charge in [-0.3, -0.25) is 0 Å². The Morgan fingerprint density at radius 3 is 2.07 bits per heavy atom. The van der Waals surface area contributed by atoms with Crippen molar-refractivity contribution in [3.05, 3.63) is 0 Å². The van der Waals surface area contributed by atoms with E-state index >= 15 is 0 Å². The molecule has 0 aliphatic heterocycles. The second-order valence-electron chi connectivity index (χ2n) is 3.11. The van der Waals surface area contributed by atoms with Gasteiger partial charge >= 0.3 is 8.56 Å². The van der Waals surface area contributed by atoms with Gasteiger partial charge in [0.15, 0.2) is 0 Å². The molecule has 0 aromatic rings. The van der Waals surface area contributed by atoms with E-state index in [0.717, 1.165) is 31.7 Å². The lowest BCUT2D eigenvalue weighted by molar-refractivity contribution is 0.184. The summed E-state index contributed by atoms with van der Waals surface area (Å²) in [5.41, 5.74) is 0. The molecule has 0 aliphatic carbocycles. The molecule has 0 spiro atoms. The van der Waals surface area contributed by atoms with Crippen LogP contribution in [0.1, 0.15) is 27.2 Å². The molecule has 0 aliphatic rings. The lowest BCUT2D eigenvalue weighted by atomic mass is 10.5. The highest BCUT2D eigenvalue weighted by Crippen LogP contribution is 2.20. The van der Waals surface area contributed by atoms with Crippen molar-refractivity contribution in [1.82, 2.24) is 0 Å². The molecule has 0 rings (SSSR count). The van der Waals surface area contributed by atoms with Crippen LogP contribution in [0.2, 0.25) is 12.1 Å². The number of aliphatic imine (C=N–C) groups is 1. The molecule has 3 nitrogen and oxygen atoms in total. The molecule has 0 aromatic carbocycles. The van der Waals surface area contributed by atoms with Gasteiger partial charge in [-0.25, -0.2) is 0 Å². The minimum atomic E-state index is -1.90. The van der Waals surface area contributed by atoms with Gasteiger partial charge in [0.25, 0.3) is 0 Å². The lowest BCUT2D eigenvalue weighted by Crippen LogP contribution is -2.41. The monoisotopic (exact) mass is 217 g/mol. The summed E-state index contributed by atoms with van der Waals surface area (Å²) >= 11 is 0. The van der Waals surface area contributed by atoms with Crippen molar-refractivity contribution in [2.45, 2.75) is 39.3 Å². The molecule has 0 unspecified atom stereocenters. The first-order valence-electron chi connectivity index (χ1n) is 5.43. The Labute approximate surface area is 88.8 Å². The molecule has 0 saturated heterocycles. The zero-order chi connectivity index (χ0) is 10.9. The fraction of sp³-hybridized carbons (Fsp3) is 0.900. The van der Waals surface area contributed by atoms with Crippen LogP contribution < -0.4 is 0 Å². The second-order valence-corrected chi connectivity index (χ2v) is 6.72. The molecule has 0 bridgehead atoms. The van der Waals surface area contributed by atoms with Crippen molar-refractivity contribution in [3.8, 4) is 0 Å². The van der Waals surface area contributed by atoms with E-state index in [4.69, 9.17) is 8.85 Å². The predicted octanol–water partition coefficient (Wildman–Crippen LogP) is 2.61. The van der Waals surface area contributed by atoms with Gasteiger partial charge in [-0.1, -0.05) is 6.92 Å². The van der Waals surface area contributed by atoms with Crippen LogP contribution in [0.15, 0.2) is 4.99 Å². The van der Waals surface area contributed by atoms with E-state index in [-0.39, 0.29) is 0 Å². The van der Waals surface area contributed by atoms with Crippen LogP contribution in [0.25, 0.3) is 0 Å². The third-order valence-electron chi connectivity index (χ3n) is 2.19. The van der Waals surface area contributed by atoms with Crippen LogP contribution in [0, 0.1) is 0 Å². The minimum absolute atomic E-state index is 0.753. The summed E-state index contributed by atoms with van der Waals surface area (Å²) in [6, 6.07) is 2.04. The molecule has 0 aromatic heterocycles. The molecule has 14 heavy (non-hydrogen) atoms. The maximum atomic E-state index is 5.82. The lowest BCUT2D eigenvalue weighted by Gasteiger charge is -2.28. The Bertz CT molecular complexity index is 156. The molecule has 0 atom stereocenters. The van der Waals surface area contributed by atoms with Gasteiger partial charge in [0.2, 0.25) is 0 Å². The number of hydrogen-bond acceptors (Lipinski definition) is 3. The highest BCUT2D eigenvalue weighted by Gasteiger charge is 2.33. The number of rotatable bonds is 8. The van der Waals surface area contributed by atoms with E-state index in [9.17, 15) is 0 Å². The highest BCUT2D eigenvalue weighted by molar-refractivity contribution is 6.67. The van der Waals surface area contributed by atoms with E-state index in [1.54, 1.807) is 7.05 Å². The van der Waals surface area contributed by atoms with Crippen LogP contribution in [-0.4, -0.2) is 35.0 Å². The van der Waals surface area contributed by atoms with E-state index in [0.29, 0.717) is 0 Å². The molecule has 0 N–H and O–H groups in total. The Morgan fingerprint density at radius 2 is 1.71 bits per heavy atom. The number of nitrogens with zero attached hydrogens (tertiary/aromatic N) is 1. The van der Waals surface area contributed by atoms with Gasteiger partial charge in [-0.2, -0.15) is 0 Å². The Hall–Kier alpha value is -0.193. The smallest absolute Gasteiger partial charge is 0.338 e. The quantitative estimate of drug-likeness (QED) is 0.462. The topological polar surface area (TPSA) is 30.8 Å². The number of hydrogen-bond donors (Lipinski definition) is 0. The van der Waals surface area contributed by atoms with Gasteiger partial charge in [0, 0.05) is 20.3 Å². The van der Waals surface area contributed by atoms with Crippen LogP contribution in [0.4, 0.5) is 0 Å². The predicted molar refractivity (Wildman–Crippen MR) is 63.3 cm³/mol. The molecule has 84 valence electrons. The van der Waals surface area contributed by atoms with Crippen LogP contribution in [0.3, 0.4) is 0 Å². The summed E-state index contributed by atoms with van der Waals surface area (Å²) in [5.74, 6) is 0. The first kappa shape index (κ1) is 13.8. The third kappa shape index (κ3) is 4.88. The van der Waals surface area contributed by atoms with Crippen molar-refractivity contribution in [1.29, 1.82) is 0 Å². The van der Waals surface area contributed by atoms with E-state index in [2.05, 4.69) is 11.9 Å². The summed E-state index contributed by atoms with van der Waals surface area (Å²) in [5, 5.41) is 0. The molecule has 0 amide bonds. The zero-order valence-electron chi connectivity index (χ0n) is 9.88. The standard InChI is InChI=1S/C10H23NO2Si/c1-5-12-14(7-3,13-6-2)10-8-9-11-4/h9H,5-8,10H2,1-4H3. The van der Waals surface area contributed by atoms with Crippen molar-refractivity contribution in [2.24, 2.45) is 4.99 Å². The van der Waals surface area contributed by atoms with Gasteiger partial charge in [0.1, 0.15) is 0 Å². The van der Waals surface area contributed by atoms with Gasteiger partial charge in [-0.15, -0.1) is 0 Å². The third-order valence-corrected chi connectivity index (χ3v) is 5.95. The van der Waals surface area contributed by atoms with Crippen LogP contribution in [0.5, 0.6) is 0 Å². The Kier molecular flexibility index (Phi) is 8.03. The van der Waals surface area contributed by atoms with Crippen LogP contribution >= 0.6 is 0 Å². The van der Waals surface area contributed by atoms with Gasteiger partial charge < -0.3 is 13.8 Å². The highest BCUT2D eigenvalue weighted by atomic mass is 28.4. The van der Waals surface area contributed by atoms with Crippen molar-refractivity contribution < 1.29 is 8.85 Å². The first-order chi connectivity index (χ1) is 6.74. The summed E-state index contributed by atoms with van der Waals surface area (Å²) in [6.07, 6.45) is 2.91. The van der Waals surface area contributed by atoms with Crippen LogP contribution in [-0.2, 0) is 8.85 Å². The molecule has 0 radical (unpaired) electrons. The fourth-order valence-corrected chi connectivity index (χ4v) is 4.26. The molecule has 0 heterocycles. The second kappa shape index (κ2) is 8.14. The van der Waals surface area contributed by atoms with Gasteiger partial charge in [-0.05, 0) is 38.6 Å². The van der Waals surface area contributed by atoms with Gasteiger partial charge in [0.05, 0.1) is 0 Å². The molecule has 4 heteroatoms. The van der Waals surface area contributed by atoms with E-state index in [1.165, 1.54) is 0 Å². The van der Waals surface area contributed by atoms with Crippen molar-refractivity contribution in [3.63, 3.8) is 0 Å². The zero-order valence-corrected chi connectivity index (χ0v) is 10.9. The minimum Gasteiger partial charge on any atom is -0.394 e. The van der Waals surface area contributed by atoms with E-state index in [1.807, 2.05) is 20.1 Å². The molecular formula is C10H23NO2Si. The maximum Gasteiger partial charge on any atom is 0.338 e. The summed E-state index contributed by atoms with van der Waals surface area (Å²) < 4.78 is 11.6. The molecule has 0 fully saturated rings. The summed E-state index contributed by atoms with van der Waals surface area (Å²) in [6.45, 7) is 7.72. The Balaban J connectivity index is 4.16. The normalized spacial score (nSPS) is 12.6. The van der Waals surface area contributed by atoms with E-state index < -0.39 is 8.56 Å².